The van der Waals surface area contributed by atoms with Crippen molar-refractivity contribution < 1.29 is 9.66 Å². The third kappa shape index (κ3) is 3.04. The Morgan fingerprint density at radius 1 is 1.23 bits per heavy atom. The Morgan fingerprint density at radius 2 is 2.00 bits per heavy atom. The standard InChI is InChI=1S/C15H16N4O3/c1-11-9-14(18-5-7-22-8-6-18)17-15(16-11)12-3-2-4-13(10-12)19(20)21/h2-4,9-10H,5-8H2,1H3. The van der Waals surface area contributed by atoms with Gasteiger partial charge in [0, 0.05) is 42.5 Å². The van der Waals surface area contributed by atoms with Crippen LogP contribution in [0.5, 0.6) is 0 Å². The van der Waals surface area contributed by atoms with Crippen LogP contribution in [0.25, 0.3) is 11.4 Å². The Morgan fingerprint density at radius 3 is 2.73 bits per heavy atom. The van der Waals surface area contributed by atoms with E-state index in [0.29, 0.717) is 24.6 Å². The third-order valence-electron chi connectivity index (χ3n) is 3.49. The molecule has 0 amide bonds. The van der Waals surface area contributed by atoms with E-state index in [1.165, 1.54) is 12.1 Å². The lowest BCUT2D eigenvalue weighted by Crippen LogP contribution is -2.36. The van der Waals surface area contributed by atoms with Crippen LogP contribution in [0.3, 0.4) is 0 Å². The van der Waals surface area contributed by atoms with Gasteiger partial charge in [-0.3, -0.25) is 10.1 Å². The second-order valence-electron chi connectivity index (χ2n) is 5.10. The maximum atomic E-state index is 10.9. The second kappa shape index (κ2) is 6.07. The van der Waals surface area contributed by atoms with Gasteiger partial charge in [0.05, 0.1) is 18.1 Å². The van der Waals surface area contributed by atoms with E-state index in [1.54, 1.807) is 12.1 Å². The number of aryl methyl sites for hydroxylation is 1. The number of aromatic nitrogens is 2. The maximum absolute atomic E-state index is 10.9. The summed E-state index contributed by atoms with van der Waals surface area (Å²) in [5, 5.41) is 10.9. The highest BCUT2D eigenvalue weighted by atomic mass is 16.6. The van der Waals surface area contributed by atoms with Crippen molar-refractivity contribution in [1.82, 2.24) is 9.97 Å². The van der Waals surface area contributed by atoms with Crippen molar-refractivity contribution >= 4 is 11.5 Å². The zero-order valence-electron chi connectivity index (χ0n) is 12.2. The summed E-state index contributed by atoms with van der Waals surface area (Å²) < 4.78 is 5.35. The van der Waals surface area contributed by atoms with Gasteiger partial charge in [0.15, 0.2) is 5.82 Å². The molecule has 114 valence electrons. The molecule has 1 saturated heterocycles. The molecule has 0 radical (unpaired) electrons. The molecule has 0 saturated carbocycles. The molecular formula is C15H16N4O3. The fraction of sp³-hybridized carbons (Fsp3) is 0.333. The highest BCUT2D eigenvalue weighted by Gasteiger charge is 2.15. The van der Waals surface area contributed by atoms with Crippen LogP contribution in [0.2, 0.25) is 0 Å². The van der Waals surface area contributed by atoms with Crippen molar-refractivity contribution in [2.45, 2.75) is 6.92 Å². The summed E-state index contributed by atoms with van der Waals surface area (Å²) in [4.78, 5) is 21.6. The molecule has 1 aromatic heterocycles. The molecule has 0 aliphatic carbocycles. The van der Waals surface area contributed by atoms with Crippen molar-refractivity contribution in [3.63, 3.8) is 0 Å². The third-order valence-corrected chi connectivity index (χ3v) is 3.49. The minimum atomic E-state index is -0.415. The largest absolute Gasteiger partial charge is 0.378 e. The molecule has 0 bridgehead atoms. The highest BCUT2D eigenvalue weighted by Crippen LogP contribution is 2.24. The molecule has 0 atom stereocenters. The first-order chi connectivity index (χ1) is 10.6. The predicted octanol–water partition coefficient (Wildman–Crippen LogP) is 2.20. The number of hydrogen-bond acceptors (Lipinski definition) is 6. The van der Waals surface area contributed by atoms with Crippen LogP contribution >= 0.6 is 0 Å². The quantitative estimate of drug-likeness (QED) is 0.638. The fourth-order valence-corrected chi connectivity index (χ4v) is 2.39. The number of non-ortho nitro benzene ring substituents is 1. The zero-order valence-corrected chi connectivity index (χ0v) is 12.2. The highest BCUT2D eigenvalue weighted by molar-refractivity contribution is 5.61. The fourth-order valence-electron chi connectivity index (χ4n) is 2.39. The summed E-state index contributed by atoms with van der Waals surface area (Å²) in [6, 6.07) is 8.31. The molecule has 1 fully saturated rings. The van der Waals surface area contributed by atoms with E-state index < -0.39 is 4.92 Å². The first-order valence-corrected chi connectivity index (χ1v) is 7.07. The molecular weight excluding hydrogens is 284 g/mol. The van der Waals surface area contributed by atoms with E-state index >= 15 is 0 Å². The summed E-state index contributed by atoms with van der Waals surface area (Å²) in [5.41, 5.74) is 1.51. The monoisotopic (exact) mass is 300 g/mol. The van der Waals surface area contributed by atoms with Gasteiger partial charge in [0.1, 0.15) is 5.82 Å². The van der Waals surface area contributed by atoms with Gasteiger partial charge in [-0.2, -0.15) is 0 Å². The summed E-state index contributed by atoms with van der Waals surface area (Å²) >= 11 is 0. The van der Waals surface area contributed by atoms with Crippen molar-refractivity contribution in [3.05, 3.63) is 46.1 Å². The zero-order chi connectivity index (χ0) is 15.5. The van der Waals surface area contributed by atoms with Gasteiger partial charge in [-0.05, 0) is 6.92 Å². The Hall–Kier alpha value is -2.54. The van der Waals surface area contributed by atoms with E-state index in [4.69, 9.17) is 4.74 Å². The van der Waals surface area contributed by atoms with E-state index in [0.717, 1.165) is 24.6 Å². The van der Waals surface area contributed by atoms with Gasteiger partial charge in [0.25, 0.3) is 5.69 Å². The molecule has 1 aromatic carbocycles. The van der Waals surface area contributed by atoms with Gasteiger partial charge in [-0.1, -0.05) is 12.1 Å². The summed E-state index contributed by atoms with van der Waals surface area (Å²) in [7, 11) is 0. The number of benzene rings is 1. The first kappa shape index (κ1) is 14.4. The van der Waals surface area contributed by atoms with Gasteiger partial charge in [-0.25, -0.2) is 9.97 Å². The molecule has 1 aliphatic rings. The van der Waals surface area contributed by atoms with Gasteiger partial charge in [-0.15, -0.1) is 0 Å². The number of ether oxygens (including phenoxy) is 1. The molecule has 7 heteroatoms. The Kier molecular flexibility index (Phi) is 3.97. The molecule has 1 aliphatic heterocycles. The molecule has 2 heterocycles. The van der Waals surface area contributed by atoms with Crippen LogP contribution in [0.1, 0.15) is 5.69 Å². The smallest absolute Gasteiger partial charge is 0.270 e. The van der Waals surface area contributed by atoms with Crippen molar-refractivity contribution in [1.29, 1.82) is 0 Å². The topological polar surface area (TPSA) is 81.4 Å². The molecule has 22 heavy (non-hydrogen) atoms. The molecule has 3 rings (SSSR count). The number of hydrogen-bond donors (Lipinski definition) is 0. The second-order valence-corrected chi connectivity index (χ2v) is 5.10. The van der Waals surface area contributed by atoms with Crippen LogP contribution in [0.4, 0.5) is 11.5 Å². The normalized spacial score (nSPS) is 14.9. The lowest BCUT2D eigenvalue weighted by molar-refractivity contribution is -0.384. The number of rotatable bonds is 3. The molecule has 0 spiro atoms. The van der Waals surface area contributed by atoms with Crippen LogP contribution in [0, 0.1) is 17.0 Å². The van der Waals surface area contributed by atoms with Crippen molar-refractivity contribution in [2.75, 3.05) is 31.2 Å². The number of nitro groups is 1. The Bertz CT molecular complexity index is 699. The van der Waals surface area contributed by atoms with Crippen molar-refractivity contribution in [2.24, 2.45) is 0 Å². The van der Waals surface area contributed by atoms with Gasteiger partial charge in [0.2, 0.25) is 0 Å². The van der Waals surface area contributed by atoms with E-state index in [9.17, 15) is 10.1 Å². The minimum absolute atomic E-state index is 0.0375. The summed E-state index contributed by atoms with van der Waals surface area (Å²) in [6.07, 6.45) is 0. The number of nitro benzene ring substituents is 1. The lowest BCUT2D eigenvalue weighted by Gasteiger charge is -2.28. The van der Waals surface area contributed by atoms with E-state index in [2.05, 4.69) is 14.9 Å². The Balaban J connectivity index is 1.98. The summed E-state index contributed by atoms with van der Waals surface area (Å²) in [5.74, 6) is 1.34. The molecule has 7 nitrogen and oxygen atoms in total. The SMILES string of the molecule is Cc1cc(N2CCOCC2)nc(-c2cccc([N+](=O)[O-])c2)n1. The van der Waals surface area contributed by atoms with Gasteiger partial charge >= 0.3 is 0 Å². The molecule has 2 aromatic rings. The number of anilines is 1. The first-order valence-electron chi connectivity index (χ1n) is 7.07. The summed E-state index contributed by atoms with van der Waals surface area (Å²) in [6.45, 7) is 4.81. The van der Waals surface area contributed by atoms with E-state index in [1.807, 2.05) is 13.0 Å². The average Bonchev–Trinajstić information content (AvgIpc) is 2.55. The van der Waals surface area contributed by atoms with Crippen LogP contribution in [0.15, 0.2) is 30.3 Å². The van der Waals surface area contributed by atoms with Crippen LogP contribution in [-0.4, -0.2) is 41.2 Å². The van der Waals surface area contributed by atoms with Crippen LogP contribution < -0.4 is 4.90 Å². The van der Waals surface area contributed by atoms with Crippen LogP contribution in [-0.2, 0) is 4.74 Å². The predicted molar refractivity (Wildman–Crippen MR) is 81.9 cm³/mol. The number of morpholine rings is 1. The van der Waals surface area contributed by atoms with E-state index in [-0.39, 0.29) is 5.69 Å². The number of nitrogens with zero attached hydrogens (tertiary/aromatic N) is 4. The molecule has 0 N–H and O–H groups in total. The maximum Gasteiger partial charge on any atom is 0.270 e. The minimum Gasteiger partial charge on any atom is -0.378 e. The molecule has 0 unspecified atom stereocenters. The average molecular weight is 300 g/mol. The lowest BCUT2D eigenvalue weighted by atomic mass is 10.2. The Labute approximate surface area is 127 Å². The van der Waals surface area contributed by atoms with Crippen molar-refractivity contribution in [3.8, 4) is 11.4 Å². The van der Waals surface area contributed by atoms with Gasteiger partial charge < -0.3 is 9.64 Å².